The van der Waals surface area contributed by atoms with Crippen LogP contribution in [0.15, 0.2) is 24.3 Å². The molecule has 4 aliphatic heterocycles. The molecular weight excluding hydrogens is 440 g/mol. The number of carbonyl (C=O) groups is 3. The first-order chi connectivity index (χ1) is 16.1. The fraction of sp³-hybridized carbons (Fsp3) is 0.720. The number of aliphatic hydroxyl groups excluding tert-OH is 1. The van der Waals surface area contributed by atoms with E-state index in [9.17, 15) is 19.5 Å². The highest BCUT2D eigenvalue weighted by Gasteiger charge is 2.71. The lowest BCUT2D eigenvalue weighted by Crippen LogP contribution is -2.55. The molecule has 1 N–H and O–H groups in total. The van der Waals surface area contributed by atoms with Crippen LogP contribution < -0.4 is 0 Å². The third-order valence-electron chi connectivity index (χ3n) is 7.99. The number of likely N-dealkylation sites (tertiary alicyclic amines) is 1. The second-order valence-corrected chi connectivity index (χ2v) is 11.4. The van der Waals surface area contributed by atoms with E-state index in [1.807, 2.05) is 17.1 Å². The molecule has 7 nitrogen and oxygen atoms in total. The van der Waals surface area contributed by atoms with Crippen molar-refractivity contribution in [2.75, 3.05) is 26.3 Å². The molecule has 33 heavy (non-hydrogen) atoms. The molecule has 5 rings (SSSR count). The van der Waals surface area contributed by atoms with Gasteiger partial charge in [0.05, 0.1) is 29.8 Å². The van der Waals surface area contributed by atoms with Crippen LogP contribution >= 0.6 is 11.8 Å². The van der Waals surface area contributed by atoms with Crippen molar-refractivity contribution in [1.82, 2.24) is 9.80 Å². The Morgan fingerprint density at radius 1 is 1.06 bits per heavy atom. The number of rotatable bonds is 3. The van der Waals surface area contributed by atoms with Gasteiger partial charge in [-0.2, -0.15) is 0 Å². The first-order valence-corrected chi connectivity index (χ1v) is 13.4. The maximum absolute atomic E-state index is 14.1. The van der Waals surface area contributed by atoms with Gasteiger partial charge in [-0.3, -0.25) is 14.4 Å². The van der Waals surface area contributed by atoms with E-state index in [4.69, 9.17) is 4.74 Å². The highest BCUT2D eigenvalue weighted by atomic mass is 32.2. The van der Waals surface area contributed by atoms with E-state index in [0.717, 1.165) is 44.9 Å². The fourth-order valence-electron chi connectivity index (χ4n) is 6.50. The van der Waals surface area contributed by atoms with Gasteiger partial charge in [0.2, 0.25) is 11.8 Å². The van der Waals surface area contributed by atoms with Crippen LogP contribution in [0.1, 0.15) is 51.4 Å². The second kappa shape index (κ2) is 9.45. The largest absolute Gasteiger partial charge is 0.465 e. The molecule has 8 heteroatoms. The molecule has 1 spiro atoms. The van der Waals surface area contributed by atoms with Crippen molar-refractivity contribution in [3.05, 3.63) is 24.3 Å². The van der Waals surface area contributed by atoms with Crippen LogP contribution in [0.3, 0.4) is 0 Å². The number of cyclic esters (lactones) is 1. The Morgan fingerprint density at radius 3 is 2.67 bits per heavy atom. The molecular formula is C25H34N2O5S. The molecule has 5 aliphatic rings. The van der Waals surface area contributed by atoms with Crippen LogP contribution in [-0.2, 0) is 19.1 Å². The lowest BCUT2D eigenvalue weighted by atomic mass is 9.78. The predicted molar refractivity (Wildman–Crippen MR) is 125 cm³/mol. The number of fused-ring (bicyclic) bond motifs is 2. The van der Waals surface area contributed by atoms with E-state index in [2.05, 4.69) is 12.2 Å². The summed E-state index contributed by atoms with van der Waals surface area (Å²) in [6.45, 7) is 0.783. The van der Waals surface area contributed by atoms with Gasteiger partial charge in [0, 0.05) is 24.4 Å². The summed E-state index contributed by atoms with van der Waals surface area (Å²) in [5.41, 5.74) is 0. The SMILES string of the molecule is O=C1OCCCC/C=C\[C@@H]2S[C@]34C=CCN(C5CCCCC5)C(=O)C3N(CCO)C(=O)[C@@H]4[C@H]12. The molecule has 1 saturated carbocycles. The zero-order valence-corrected chi connectivity index (χ0v) is 19.9. The molecule has 0 bridgehead atoms. The van der Waals surface area contributed by atoms with Crippen LogP contribution in [0.5, 0.6) is 0 Å². The molecule has 4 heterocycles. The monoisotopic (exact) mass is 474 g/mol. The minimum atomic E-state index is -0.820. The van der Waals surface area contributed by atoms with Gasteiger partial charge >= 0.3 is 5.97 Å². The van der Waals surface area contributed by atoms with E-state index in [1.54, 1.807) is 16.7 Å². The van der Waals surface area contributed by atoms with Crippen molar-refractivity contribution < 1.29 is 24.2 Å². The quantitative estimate of drug-likeness (QED) is 0.499. The number of aliphatic hydroxyl groups is 1. The smallest absolute Gasteiger partial charge is 0.311 e. The van der Waals surface area contributed by atoms with E-state index < -0.39 is 22.6 Å². The van der Waals surface area contributed by atoms with Crippen LogP contribution in [-0.4, -0.2) is 81.1 Å². The van der Waals surface area contributed by atoms with Crippen LogP contribution in [0, 0.1) is 11.8 Å². The molecule has 1 unspecified atom stereocenters. The summed E-state index contributed by atoms with van der Waals surface area (Å²) in [7, 11) is 0. The highest BCUT2D eigenvalue weighted by Crippen LogP contribution is 2.60. The fourth-order valence-corrected chi connectivity index (χ4v) is 8.50. The van der Waals surface area contributed by atoms with E-state index in [-0.39, 0.29) is 42.2 Å². The minimum absolute atomic E-state index is 0.0373. The molecule has 0 aromatic heterocycles. The molecule has 3 fully saturated rings. The second-order valence-electron chi connectivity index (χ2n) is 9.87. The number of ether oxygens (including phenoxy) is 1. The van der Waals surface area contributed by atoms with Crippen molar-refractivity contribution >= 4 is 29.5 Å². The highest BCUT2D eigenvalue weighted by molar-refractivity contribution is 8.02. The zero-order chi connectivity index (χ0) is 23.0. The van der Waals surface area contributed by atoms with Gasteiger partial charge < -0.3 is 19.6 Å². The number of nitrogens with zero attached hydrogens (tertiary/aromatic N) is 2. The molecule has 5 atom stereocenters. The Kier molecular flexibility index (Phi) is 6.58. The van der Waals surface area contributed by atoms with Crippen molar-refractivity contribution in [3.63, 3.8) is 0 Å². The lowest BCUT2D eigenvalue weighted by molar-refractivity contribution is -0.153. The summed E-state index contributed by atoms with van der Waals surface area (Å²) in [6, 6.07) is -0.514. The average Bonchev–Trinajstić information content (AvgIpc) is 3.20. The number of hydrogen-bond donors (Lipinski definition) is 1. The molecule has 2 amide bonds. The first kappa shape index (κ1) is 23.0. The summed E-state index contributed by atoms with van der Waals surface area (Å²) < 4.78 is 4.79. The molecule has 0 radical (unpaired) electrons. The number of β-amino-alcohol motifs (C(OH)–C–C–N with tert-alkyl or cyclic N) is 1. The summed E-state index contributed by atoms with van der Waals surface area (Å²) >= 11 is 1.57. The van der Waals surface area contributed by atoms with Gasteiger partial charge in [-0.15, -0.1) is 11.8 Å². The van der Waals surface area contributed by atoms with Gasteiger partial charge in [0.1, 0.15) is 6.04 Å². The van der Waals surface area contributed by atoms with E-state index in [1.165, 1.54) is 6.42 Å². The van der Waals surface area contributed by atoms with E-state index in [0.29, 0.717) is 13.2 Å². The van der Waals surface area contributed by atoms with Gasteiger partial charge in [0.25, 0.3) is 0 Å². The summed E-state index contributed by atoms with van der Waals surface area (Å²) in [4.78, 5) is 44.6. The lowest BCUT2D eigenvalue weighted by Gasteiger charge is -2.39. The molecule has 180 valence electrons. The van der Waals surface area contributed by atoms with E-state index >= 15 is 0 Å². The Labute approximate surface area is 199 Å². The number of allylic oxidation sites excluding steroid dienone is 1. The Balaban J connectivity index is 1.56. The molecule has 2 saturated heterocycles. The van der Waals surface area contributed by atoms with Gasteiger partial charge in [-0.1, -0.05) is 43.6 Å². The molecule has 0 aromatic rings. The molecule has 0 aromatic carbocycles. The van der Waals surface area contributed by atoms with Crippen LogP contribution in [0.4, 0.5) is 0 Å². The number of amides is 2. The number of hydrogen-bond acceptors (Lipinski definition) is 6. The zero-order valence-electron chi connectivity index (χ0n) is 19.1. The van der Waals surface area contributed by atoms with Crippen molar-refractivity contribution in [2.45, 2.75) is 73.4 Å². The maximum atomic E-state index is 14.1. The Bertz CT molecular complexity index is 854. The van der Waals surface area contributed by atoms with Crippen molar-refractivity contribution in [2.24, 2.45) is 11.8 Å². The summed E-state index contributed by atoms with van der Waals surface area (Å²) in [6.07, 6.45) is 16.3. The number of esters is 1. The maximum Gasteiger partial charge on any atom is 0.311 e. The average molecular weight is 475 g/mol. The normalized spacial score (nSPS) is 38.4. The van der Waals surface area contributed by atoms with Crippen molar-refractivity contribution in [3.8, 4) is 0 Å². The third kappa shape index (κ3) is 3.83. The third-order valence-corrected chi connectivity index (χ3v) is 9.73. The van der Waals surface area contributed by atoms with Gasteiger partial charge in [-0.05, 0) is 32.1 Å². The Morgan fingerprint density at radius 2 is 1.88 bits per heavy atom. The van der Waals surface area contributed by atoms with Crippen LogP contribution in [0.2, 0.25) is 0 Å². The minimum Gasteiger partial charge on any atom is -0.465 e. The van der Waals surface area contributed by atoms with Gasteiger partial charge in [-0.25, -0.2) is 0 Å². The number of carbonyl (C=O) groups excluding carboxylic acids is 3. The Hall–Kier alpha value is -1.80. The molecule has 1 aliphatic carbocycles. The summed E-state index contributed by atoms with van der Waals surface area (Å²) in [5, 5.41) is 9.55. The first-order valence-electron chi connectivity index (χ1n) is 12.5. The van der Waals surface area contributed by atoms with Crippen LogP contribution in [0.25, 0.3) is 0 Å². The summed E-state index contributed by atoms with van der Waals surface area (Å²) in [5.74, 6) is -1.87. The van der Waals surface area contributed by atoms with Crippen molar-refractivity contribution in [1.29, 1.82) is 0 Å². The number of thioether (sulfide) groups is 1. The predicted octanol–water partition coefficient (Wildman–Crippen LogP) is 2.29. The topological polar surface area (TPSA) is 87.2 Å². The van der Waals surface area contributed by atoms with Gasteiger partial charge in [0.15, 0.2) is 0 Å². The standard InChI is InChI=1S/C25H34N2O5S/c28-15-14-27-21-23(30)26(17-9-4-3-5-10-17)13-8-12-25(21)20(22(27)29)19-18(33-25)11-6-1-2-7-16-32-24(19)31/h6,8,11-12,17-21,28H,1-5,7,9-10,13-16H2/b11-6-/t18-,19+,20-,21?,25-/m0/s1.